The number of rotatable bonds is 5. The zero-order valence-electron chi connectivity index (χ0n) is 35.4. The Balaban J connectivity index is 1.27. The van der Waals surface area contributed by atoms with Crippen LogP contribution in [-0.2, 0) is 5.41 Å². The summed E-state index contributed by atoms with van der Waals surface area (Å²) in [6.45, 7) is 0. The minimum Gasteiger partial charge on any atom is -0.310 e. The van der Waals surface area contributed by atoms with Crippen molar-refractivity contribution in [3.8, 4) is 11.1 Å². The summed E-state index contributed by atoms with van der Waals surface area (Å²) in [5.74, 6) is 0. The van der Waals surface area contributed by atoms with E-state index < -0.39 is 29.6 Å². The Labute approximate surface area is 322 Å². The highest BCUT2D eigenvalue weighted by atomic mass is 32.1. The van der Waals surface area contributed by atoms with Gasteiger partial charge in [-0.15, -0.1) is 11.3 Å². The van der Waals surface area contributed by atoms with Crippen molar-refractivity contribution >= 4 is 70.1 Å². The van der Waals surface area contributed by atoms with Gasteiger partial charge in [0.2, 0.25) is 0 Å². The maximum Gasteiger partial charge on any atom is 0.0714 e. The summed E-state index contributed by atoms with van der Waals surface area (Å²) in [4.78, 5) is 2.26. The lowest BCUT2D eigenvalue weighted by Gasteiger charge is -2.34. The molecule has 11 rings (SSSR count). The molecule has 1 aliphatic carbocycles. The second-order valence-corrected chi connectivity index (χ2v) is 14.6. The summed E-state index contributed by atoms with van der Waals surface area (Å²) in [5, 5.41) is 4.26. The molecule has 0 fully saturated rings. The van der Waals surface area contributed by atoms with Gasteiger partial charge < -0.3 is 4.90 Å². The monoisotopic (exact) mass is 698 g/mol. The Kier molecular flexibility index (Phi) is 5.31. The van der Waals surface area contributed by atoms with E-state index in [-0.39, 0.29) is 34.5 Å². The Bertz CT molecular complexity index is 3430. The van der Waals surface area contributed by atoms with Crippen LogP contribution in [0.3, 0.4) is 0 Å². The largest absolute Gasteiger partial charge is 0.310 e. The number of benzene rings is 9. The molecule has 1 nitrogen and oxygen atoms in total. The van der Waals surface area contributed by atoms with Crippen molar-refractivity contribution in [2.24, 2.45) is 0 Å². The summed E-state index contributed by atoms with van der Waals surface area (Å²) in [6, 6.07) is 51.4. The van der Waals surface area contributed by atoms with Crippen molar-refractivity contribution in [2.45, 2.75) is 5.41 Å². The molecule has 0 radical (unpaired) electrons. The molecule has 0 N–H and O–H groups in total. The third-order valence-electron chi connectivity index (χ3n) is 10.7. The highest BCUT2D eigenvalue weighted by Gasteiger charge is 2.46. The zero-order valence-corrected chi connectivity index (χ0v) is 29.2. The Morgan fingerprint density at radius 1 is 0.453 bits per heavy atom. The predicted molar refractivity (Wildman–Crippen MR) is 226 cm³/mol. The SMILES string of the molecule is [2H]c1c([2H])c([2H])c2c([2H])c(C3(c4ccc5c(c4)sc4ccccc45)c4ccccc4-c4cc(N(c5ccccc5)c5cccc6ccccc56)ccc43)c([2H])c([2H])c2c1[2H]. The van der Waals surface area contributed by atoms with Crippen LogP contribution in [0.15, 0.2) is 200 Å². The molecule has 0 saturated heterocycles. The first kappa shape index (κ1) is 23.9. The molecule has 0 spiro atoms. The van der Waals surface area contributed by atoms with E-state index in [0.29, 0.717) is 0 Å². The third-order valence-corrected chi connectivity index (χ3v) is 11.9. The van der Waals surface area contributed by atoms with Crippen molar-refractivity contribution in [1.82, 2.24) is 0 Å². The second kappa shape index (κ2) is 11.8. The van der Waals surface area contributed by atoms with Crippen molar-refractivity contribution in [2.75, 3.05) is 4.90 Å². The molecule has 1 heterocycles. The van der Waals surface area contributed by atoms with Crippen LogP contribution in [0.4, 0.5) is 17.1 Å². The van der Waals surface area contributed by atoms with E-state index in [1.54, 1.807) is 11.3 Å². The highest BCUT2D eigenvalue weighted by molar-refractivity contribution is 7.25. The third kappa shape index (κ3) is 4.49. The summed E-state index contributed by atoms with van der Waals surface area (Å²) in [5.41, 5.74) is 6.06. The fourth-order valence-electron chi connectivity index (χ4n) is 8.47. The molecule has 53 heavy (non-hydrogen) atoms. The fraction of sp³-hybridized carbons (Fsp3) is 0.0196. The lowest BCUT2D eigenvalue weighted by molar-refractivity contribution is 0.771. The Hall–Kier alpha value is -6.48. The molecule has 0 bridgehead atoms. The Morgan fingerprint density at radius 3 is 2.11 bits per heavy atom. The first-order valence-corrected chi connectivity index (χ1v) is 18.5. The standard InChI is InChI=1S/C51H33NS/c1-2-17-39(18-3-1)52(48-23-12-16-35-14-6-7-19-41(35)48)40-28-30-47-45(33-40)42-20-8-10-22-46(42)51(47,37-26-25-34-13-4-5-15-36(34)31-37)38-27-29-44-43-21-9-11-24-49(43)53-50(44)32-38/h1-33H/i4D,5D,13D,15D,25D,26D,31D. The van der Waals surface area contributed by atoms with Crippen LogP contribution in [0.25, 0.3) is 52.8 Å². The molecule has 1 aliphatic rings. The van der Waals surface area contributed by atoms with Gasteiger partial charge in [0.05, 0.1) is 20.7 Å². The van der Waals surface area contributed by atoms with Gasteiger partial charge in [-0.25, -0.2) is 0 Å². The number of para-hydroxylation sites is 1. The number of anilines is 3. The van der Waals surface area contributed by atoms with E-state index in [9.17, 15) is 4.11 Å². The summed E-state index contributed by atoms with van der Waals surface area (Å²) < 4.78 is 66.4. The van der Waals surface area contributed by atoms with Crippen molar-refractivity contribution < 1.29 is 9.60 Å². The predicted octanol–water partition coefficient (Wildman–Crippen LogP) is 14.2. The van der Waals surface area contributed by atoms with Gasteiger partial charge in [-0.3, -0.25) is 0 Å². The number of fused-ring (bicyclic) bond motifs is 8. The van der Waals surface area contributed by atoms with E-state index >= 15 is 0 Å². The van der Waals surface area contributed by atoms with Gasteiger partial charge in [0, 0.05) is 36.9 Å². The Morgan fingerprint density at radius 2 is 1.19 bits per heavy atom. The van der Waals surface area contributed by atoms with Crippen LogP contribution in [0.5, 0.6) is 0 Å². The van der Waals surface area contributed by atoms with Crippen LogP contribution in [0.2, 0.25) is 0 Å². The van der Waals surface area contributed by atoms with E-state index in [1.165, 1.54) is 0 Å². The summed E-state index contributed by atoms with van der Waals surface area (Å²) in [7, 11) is 0. The van der Waals surface area contributed by atoms with E-state index in [1.807, 2.05) is 54.6 Å². The molecule has 0 aliphatic heterocycles. The van der Waals surface area contributed by atoms with Crippen molar-refractivity contribution in [1.29, 1.82) is 0 Å². The molecule has 0 amide bonds. The molecule has 0 saturated carbocycles. The molecule has 2 heteroatoms. The first-order chi connectivity index (χ1) is 29.2. The zero-order chi connectivity index (χ0) is 41.0. The minimum absolute atomic E-state index is 0.0620. The topological polar surface area (TPSA) is 3.24 Å². The van der Waals surface area contributed by atoms with Crippen LogP contribution >= 0.6 is 11.3 Å². The quantitative estimate of drug-likeness (QED) is 0.173. The normalized spacial score (nSPS) is 16.7. The lowest BCUT2D eigenvalue weighted by Crippen LogP contribution is -2.28. The van der Waals surface area contributed by atoms with Crippen LogP contribution in [-0.4, -0.2) is 0 Å². The van der Waals surface area contributed by atoms with Crippen molar-refractivity contribution in [3.05, 3.63) is 222 Å². The van der Waals surface area contributed by atoms with Crippen molar-refractivity contribution in [3.63, 3.8) is 0 Å². The number of nitrogens with zero attached hydrogens (tertiary/aromatic N) is 1. The lowest BCUT2D eigenvalue weighted by atomic mass is 9.67. The minimum atomic E-state index is -1.32. The molecule has 248 valence electrons. The fourth-order valence-corrected chi connectivity index (χ4v) is 9.62. The molecule has 1 atom stereocenters. The van der Waals surface area contributed by atoms with Gasteiger partial charge in [-0.05, 0) is 98.0 Å². The van der Waals surface area contributed by atoms with Gasteiger partial charge in [0.15, 0.2) is 0 Å². The second-order valence-electron chi connectivity index (χ2n) is 13.5. The molecular weight excluding hydrogens is 659 g/mol. The van der Waals surface area contributed by atoms with Gasteiger partial charge in [0.1, 0.15) is 0 Å². The van der Waals surface area contributed by atoms with Gasteiger partial charge in [0.25, 0.3) is 0 Å². The van der Waals surface area contributed by atoms with E-state index in [0.717, 1.165) is 75.8 Å². The number of hydrogen-bond acceptors (Lipinski definition) is 2. The average Bonchev–Trinajstić information content (AvgIpc) is 3.80. The van der Waals surface area contributed by atoms with Crippen LogP contribution < -0.4 is 4.90 Å². The van der Waals surface area contributed by atoms with Gasteiger partial charge in [-0.1, -0.05) is 152 Å². The average molecular weight is 699 g/mol. The molecule has 1 aromatic heterocycles. The van der Waals surface area contributed by atoms with Gasteiger partial charge in [-0.2, -0.15) is 0 Å². The maximum atomic E-state index is 10.0. The maximum absolute atomic E-state index is 10.0. The highest BCUT2D eigenvalue weighted by Crippen LogP contribution is 2.58. The molecule has 9 aromatic carbocycles. The van der Waals surface area contributed by atoms with E-state index in [4.69, 9.17) is 5.48 Å². The number of thiophene rings is 1. The summed E-state index contributed by atoms with van der Waals surface area (Å²) >= 11 is 1.68. The smallest absolute Gasteiger partial charge is 0.0714 e. The first-order valence-electron chi connectivity index (χ1n) is 21.2. The molecule has 1 unspecified atom stereocenters. The molecule has 10 aromatic rings. The molecular formula is C51H33NS. The van der Waals surface area contributed by atoms with Crippen LogP contribution in [0.1, 0.15) is 31.8 Å². The number of hydrogen-bond donors (Lipinski definition) is 0. The van der Waals surface area contributed by atoms with Gasteiger partial charge >= 0.3 is 0 Å². The summed E-state index contributed by atoms with van der Waals surface area (Å²) in [6.07, 6.45) is 0. The van der Waals surface area contributed by atoms with E-state index in [2.05, 4.69) is 108 Å². The van der Waals surface area contributed by atoms with Crippen LogP contribution in [0, 0.1) is 0 Å².